The Morgan fingerprint density at radius 3 is 2.40 bits per heavy atom. The van der Waals surface area contributed by atoms with Crippen LogP contribution in [0.5, 0.6) is 0 Å². The zero-order valence-electron chi connectivity index (χ0n) is 16.4. The van der Waals surface area contributed by atoms with Crippen LogP contribution in [0.3, 0.4) is 0 Å². The van der Waals surface area contributed by atoms with E-state index in [1.807, 2.05) is 0 Å². The van der Waals surface area contributed by atoms with Gasteiger partial charge < -0.3 is 9.84 Å². The van der Waals surface area contributed by atoms with E-state index in [1.165, 1.54) is 6.42 Å². The van der Waals surface area contributed by atoms with Crippen molar-refractivity contribution in [1.29, 1.82) is 0 Å². The lowest BCUT2D eigenvalue weighted by molar-refractivity contribution is -0.157. The van der Waals surface area contributed by atoms with E-state index < -0.39 is 11.5 Å². The number of ketones is 1. The molecule has 0 aromatic carbocycles. The second-order valence-corrected chi connectivity index (χ2v) is 8.65. The van der Waals surface area contributed by atoms with Crippen LogP contribution in [-0.4, -0.2) is 29.1 Å². The summed E-state index contributed by atoms with van der Waals surface area (Å²) in [7, 11) is 0. The molecule has 0 aromatic rings. The Morgan fingerprint density at radius 2 is 1.88 bits per heavy atom. The molecule has 1 saturated carbocycles. The summed E-state index contributed by atoms with van der Waals surface area (Å²) in [6.45, 7) is 9.87. The maximum atomic E-state index is 12.4. The SMILES string of the molecule is CC(C)CC1CC(C#CC(=O)[C@@H](CCCO)CC(=O)OC(C)(C)C)C1. The molecule has 1 aliphatic rings. The lowest BCUT2D eigenvalue weighted by Gasteiger charge is -2.33. The number of aliphatic hydroxyl groups is 1. The molecule has 0 radical (unpaired) electrons. The number of Topliss-reactive ketones (excluding diaryl/α,β-unsaturated/α-hetero) is 1. The van der Waals surface area contributed by atoms with Gasteiger partial charge in [0.05, 0.1) is 6.42 Å². The van der Waals surface area contributed by atoms with Crippen LogP contribution in [0.1, 0.15) is 73.1 Å². The Hall–Kier alpha value is -1.34. The number of rotatable bonds is 8. The van der Waals surface area contributed by atoms with E-state index in [1.54, 1.807) is 20.8 Å². The third-order valence-corrected chi connectivity index (χ3v) is 4.35. The van der Waals surface area contributed by atoms with Crippen LogP contribution in [0.2, 0.25) is 0 Å². The van der Waals surface area contributed by atoms with Crippen molar-refractivity contribution in [3.05, 3.63) is 0 Å². The van der Waals surface area contributed by atoms with Crippen LogP contribution < -0.4 is 0 Å². The van der Waals surface area contributed by atoms with Crippen LogP contribution in [0.15, 0.2) is 0 Å². The lowest BCUT2D eigenvalue weighted by Crippen LogP contribution is -2.27. The van der Waals surface area contributed by atoms with Crippen LogP contribution >= 0.6 is 0 Å². The van der Waals surface area contributed by atoms with Crippen molar-refractivity contribution in [2.45, 2.75) is 78.7 Å². The molecule has 1 N–H and O–H groups in total. The molecule has 142 valence electrons. The Bertz CT molecular complexity index is 498. The van der Waals surface area contributed by atoms with Gasteiger partial charge in [-0.25, -0.2) is 0 Å². The highest BCUT2D eigenvalue weighted by atomic mass is 16.6. The third kappa shape index (κ3) is 9.07. The van der Waals surface area contributed by atoms with Gasteiger partial charge in [0, 0.05) is 18.4 Å². The summed E-state index contributed by atoms with van der Waals surface area (Å²) < 4.78 is 5.31. The molecule has 25 heavy (non-hydrogen) atoms. The van der Waals surface area contributed by atoms with Crippen LogP contribution in [-0.2, 0) is 14.3 Å². The molecule has 4 heteroatoms. The van der Waals surface area contributed by atoms with Gasteiger partial charge in [0.1, 0.15) is 5.60 Å². The zero-order chi connectivity index (χ0) is 19.0. The second kappa shape index (κ2) is 9.97. The van der Waals surface area contributed by atoms with E-state index in [2.05, 4.69) is 25.7 Å². The first-order valence-corrected chi connectivity index (χ1v) is 9.48. The first-order valence-electron chi connectivity index (χ1n) is 9.48. The number of hydrogen-bond donors (Lipinski definition) is 1. The van der Waals surface area contributed by atoms with Crippen molar-refractivity contribution in [1.82, 2.24) is 0 Å². The number of esters is 1. The number of aliphatic hydroxyl groups excluding tert-OH is 1. The predicted octanol–water partition coefficient (Wildman–Crippen LogP) is 3.75. The standard InChI is InChI=1S/C21H34O4/c1-15(2)11-17-12-16(13-17)8-9-19(23)18(7-6-10-22)14-20(24)25-21(3,4)5/h15-18,22H,6-7,10-14H2,1-5H3/t16?,17?,18-/m0/s1. The highest BCUT2D eigenvalue weighted by Crippen LogP contribution is 2.37. The van der Waals surface area contributed by atoms with Crippen molar-refractivity contribution in [3.8, 4) is 11.8 Å². The molecule has 0 heterocycles. The first-order chi connectivity index (χ1) is 11.6. The van der Waals surface area contributed by atoms with Crippen molar-refractivity contribution in [3.63, 3.8) is 0 Å². The van der Waals surface area contributed by atoms with E-state index in [0.717, 1.165) is 18.8 Å². The van der Waals surface area contributed by atoms with Gasteiger partial charge in [0.2, 0.25) is 5.78 Å². The van der Waals surface area contributed by atoms with E-state index in [0.29, 0.717) is 24.7 Å². The molecule has 0 unspecified atom stereocenters. The topological polar surface area (TPSA) is 63.6 Å². The Balaban J connectivity index is 2.54. The summed E-state index contributed by atoms with van der Waals surface area (Å²) in [6, 6.07) is 0. The summed E-state index contributed by atoms with van der Waals surface area (Å²) >= 11 is 0. The highest BCUT2D eigenvalue weighted by Gasteiger charge is 2.29. The molecule has 0 aromatic heterocycles. The fourth-order valence-electron chi connectivity index (χ4n) is 3.24. The molecule has 1 rings (SSSR count). The average Bonchev–Trinajstić information content (AvgIpc) is 2.42. The molecule has 4 nitrogen and oxygen atoms in total. The van der Waals surface area contributed by atoms with E-state index >= 15 is 0 Å². The molecule has 1 atom stereocenters. The summed E-state index contributed by atoms with van der Waals surface area (Å²) in [5, 5.41) is 9.02. The van der Waals surface area contributed by atoms with Crippen molar-refractivity contribution >= 4 is 11.8 Å². The van der Waals surface area contributed by atoms with E-state index in [4.69, 9.17) is 9.84 Å². The minimum absolute atomic E-state index is 0.00499. The van der Waals surface area contributed by atoms with Crippen LogP contribution in [0.25, 0.3) is 0 Å². The molecule has 0 amide bonds. The number of hydrogen-bond acceptors (Lipinski definition) is 4. The smallest absolute Gasteiger partial charge is 0.307 e. The fourth-order valence-corrected chi connectivity index (χ4v) is 3.24. The van der Waals surface area contributed by atoms with Crippen molar-refractivity contribution in [2.75, 3.05) is 6.61 Å². The van der Waals surface area contributed by atoms with Gasteiger partial charge in [-0.15, -0.1) is 0 Å². The summed E-state index contributed by atoms with van der Waals surface area (Å²) in [5.41, 5.74) is -0.565. The van der Waals surface area contributed by atoms with Crippen LogP contribution in [0.4, 0.5) is 0 Å². The van der Waals surface area contributed by atoms with Crippen molar-refractivity contribution in [2.24, 2.45) is 23.7 Å². The second-order valence-electron chi connectivity index (χ2n) is 8.65. The molecule has 0 aliphatic heterocycles. The van der Waals surface area contributed by atoms with E-state index in [-0.39, 0.29) is 24.8 Å². The molecular formula is C21H34O4. The zero-order valence-corrected chi connectivity index (χ0v) is 16.4. The maximum Gasteiger partial charge on any atom is 0.307 e. The summed E-state index contributed by atoms with van der Waals surface area (Å²) in [4.78, 5) is 24.4. The van der Waals surface area contributed by atoms with Gasteiger partial charge in [-0.1, -0.05) is 19.8 Å². The van der Waals surface area contributed by atoms with Gasteiger partial charge >= 0.3 is 5.97 Å². The molecular weight excluding hydrogens is 316 g/mol. The van der Waals surface area contributed by atoms with Gasteiger partial charge in [0.25, 0.3) is 0 Å². The van der Waals surface area contributed by atoms with Gasteiger partial charge in [0.15, 0.2) is 0 Å². The number of carbonyl (C=O) groups excluding carboxylic acids is 2. The minimum atomic E-state index is -0.565. The fraction of sp³-hybridized carbons (Fsp3) is 0.810. The lowest BCUT2D eigenvalue weighted by atomic mass is 9.72. The quantitative estimate of drug-likeness (QED) is 0.411. The first kappa shape index (κ1) is 21.7. The Labute approximate surface area is 152 Å². The van der Waals surface area contributed by atoms with E-state index in [9.17, 15) is 9.59 Å². The number of carbonyl (C=O) groups is 2. The summed E-state index contributed by atoms with van der Waals surface area (Å²) in [6.07, 6.45) is 4.36. The van der Waals surface area contributed by atoms with Gasteiger partial charge in [-0.3, -0.25) is 9.59 Å². The minimum Gasteiger partial charge on any atom is -0.460 e. The third-order valence-electron chi connectivity index (χ3n) is 4.35. The summed E-state index contributed by atoms with van der Waals surface area (Å²) in [5.74, 6) is 6.53. The molecule has 0 bridgehead atoms. The maximum absolute atomic E-state index is 12.4. The van der Waals surface area contributed by atoms with Gasteiger partial charge in [-0.05, 0) is 70.6 Å². The largest absolute Gasteiger partial charge is 0.460 e. The molecule has 0 spiro atoms. The highest BCUT2D eigenvalue weighted by molar-refractivity contribution is 5.99. The molecule has 1 aliphatic carbocycles. The number of ether oxygens (including phenoxy) is 1. The van der Waals surface area contributed by atoms with Gasteiger partial charge in [-0.2, -0.15) is 0 Å². The van der Waals surface area contributed by atoms with Crippen LogP contribution in [0, 0.1) is 35.5 Å². The van der Waals surface area contributed by atoms with Crippen molar-refractivity contribution < 1.29 is 19.4 Å². The Morgan fingerprint density at radius 1 is 1.24 bits per heavy atom. The normalized spacial score (nSPS) is 21.1. The monoisotopic (exact) mass is 350 g/mol. The molecule has 1 fully saturated rings. The Kier molecular flexibility index (Phi) is 8.65. The predicted molar refractivity (Wildman–Crippen MR) is 98.7 cm³/mol. The molecule has 0 saturated heterocycles. The average molecular weight is 350 g/mol.